The van der Waals surface area contributed by atoms with Crippen LogP contribution in [0.25, 0.3) is 11.0 Å². The molecule has 19 heavy (non-hydrogen) atoms. The number of unbranched alkanes of at least 4 members (excludes halogenated alkanes) is 1. The number of benzene rings is 1. The Labute approximate surface area is 116 Å². The zero-order valence-electron chi connectivity index (χ0n) is 11.0. The van der Waals surface area contributed by atoms with E-state index >= 15 is 0 Å². The Morgan fingerprint density at radius 1 is 1.32 bits per heavy atom. The molecule has 0 saturated heterocycles. The van der Waals surface area contributed by atoms with Gasteiger partial charge in [-0.1, -0.05) is 13.3 Å². The Bertz CT molecular complexity index is 591. The number of rotatable bonds is 4. The van der Waals surface area contributed by atoms with E-state index in [9.17, 15) is 0 Å². The number of nitrogens with one attached hydrogen (secondary N) is 1. The van der Waals surface area contributed by atoms with Gasteiger partial charge in [-0.15, -0.1) is 0 Å². The van der Waals surface area contributed by atoms with Gasteiger partial charge in [-0.2, -0.15) is 8.75 Å². The molecule has 3 rings (SSSR count). The number of nitrogens with zero attached hydrogens (tertiary/aromatic N) is 4. The van der Waals surface area contributed by atoms with Crippen LogP contribution in [0.2, 0.25) is 0 Å². The highest BCUT2D eigenvalue weighted by molar-refractivity contribution is 7.00. The van der Waals surface area contributed by atoms with E-state index in [1.807, 2.05) is 6.07 Å². The predicted molar refractivity (Wildman–Crippen MR) is 80.0 cm³/mol. The molecular formula is C13H17N5S. The fourth-order valence-electron chi connectivity index (χ4n) is 2.17. The number of anilines is 1. The SMILES string of the molecule is CCCCNC1=NCCN1c1ccc2nsnc2c1. The lowest BCUT2D eigenvalue weighted by Crippen LogP contribution is -2.38. The van der Waals surface area contributed by atoms with Crippen LogP contribution in [0.3, 0.4) is 0 Å². The van der Waals surface area contributed by atoms with Gasteiger partial charge in [0, 0.05) is 18.8 Å². The molecule has 6 heteroatoms. The minimum absolute atomic E-state index is 0.849. The Morgan fingerprint density at radius 2 is 2.21 bits per heavy atom. The summed E-state index contributed by atoms with van der Waals surface area (Å²) in [5.74, 6) is 0.982. The standard InChI is InChI=1S/C13H17N5S/c1-2-3-6-14-13-15-7-8-18(13)10-4-5-11-12(9-10)17-19-16-11/h4-5,9H,2-3,6-8H2,1H3,(H,14,15). The van der Waals surface area contributed by atoms with Crippen LogP contribution < -0.4 is 10.2 Å². The van der Waals surface area contributed by atoms with Crippen molar-refractivity contribution in [1.82, 2.24) is 14.1 Å². The third-order valence-electron chi connectivity index (χ3n) is 3.20. The van der Waals surface area contributed by atoms with E-state index in [0.29, 0.717) is 0 Å². The molecule has 1 aromatic carbocycles. The summed E-state index contributed by atoms with van der Waals surface area (Å²) < 4.78 is 8.53. The van der Waals surface area contributed by atoms with Crippen molar-refractivity contribution in [2.45, 2.75) is 19.8 Å². The summed E-state index contributed by atoms with van der Waals surface area (Å²) in [4.78, 5) is 6.75. The van der Waals surface area contributed by atoms with E-state index in [-0.39, 0.29) is 0 Å². The van der Waals surface area contributed by atoms with Crippen molar-refractivity contribution in [3.63, 3.8) is 0 Å². The fourth-order valence-corrected chi connectivity index (χ4v) is 2.68. The molecule has 0 fully saturated rings. The topological polar surface area (TPSA) is 53.4 Å². The van der Waals surface area contributed by atoms with Gasteiger partial charge in [0.25, 0.3) is 0 Å². The molecular weight excluding hydrogens is 258 g/mol. The van der Waals surface area contributed by atoms with Gasteiger partial charge in [0.1, 0.15) is 11.0 Å². The molecule has 0 radical (unpaired) electrons. The predicted octanol–water partition coefficient (Wildman–Crippen LogP) is 2.26. The van der Waals surface area contributed by atoms with Crippen molar-refractivity contribution in [3.05, 3.63) is 18.2 Å². The molecule has 0 spiro atoms. The average Bonchev–Trinajstić information content (AvgIpc) is 3.06. The number of fused-ring (bicyclic) bond motifs is 1. The van der Waals surface area contributed by atoms with Gasteiger partial charge < -0.3 is 10.2 Å². The van der Waals surface area contributed by atoms with Gasteiger partial charge in [0.15, 0.2) is 5.96 Å². The molecule has 2 heterocycles. The molecule has 0 unspecified atom stereocenters. The van der Waals surface area contributed by atoms with Crippen LogP contribution in [0.5, 0.6) is 0 Å². The first kappa shape index (κ1) is 12.3. The third kappa shape index (κ3) is 2.53. The largest absolute Gasteiger partial charge is 0.356 e. The second kappa shape index (κ2) is 5.52. The summed E-state index contributed by atoms with van der Waals surface area (Å²) >= 11 is 1.26. The van der Waals surface area contributed by atoms with Crippen LogP contribution in [0, 0.1) is 0 Å². The van der Waals surface area contributed by atoms with Gasteiger partial charge in [-0.25, -0.2) is 0 Å². The number of guanidine groups is 1. The zero-order valence-corrected chi connectivity index (χ0v) is 11.8. The molecule has 0 saturated carbocycles. The minimum Gasteiger partial charge on any atom is -0.356 e. The maximum Gasteiger partial charge on any atom is 0.198 e. The van der Waals surface area contributed by atoms with Crippen LogP contribution in [0.4, 0.5) is 5.69 Å². The van der Waals surface area contributed by atoms with Crippen LogP contribution >= 0.6 is 11.7 Å². The van der Waals surface area contributed by atoms with Gasteiger partial charge >= 0.3 is 0 Å². The molecule has 1 aliphatic rings. The average molecular weight is 275 g/mol. The van der Waals surface area contributed by atoms with Gasteiger partial charge in [-0.05, 0) is 24.6 Å². The molecule has 1 aliphatic heterocycles. The van der Waals surface area contributed by atoms with Crippen molar-refractivity contribution in [1.29, 1.82) is 0 Å². The summed E-state index contributed by atoms with van der Waals surface area (Å²) in [7, 11) is 0. The Kier molecular flexibility index (Phi) is 3.59. The highest BCUT2D eigenvalue weighted by Crippen LogP contribution is 2.22. The van der Waals surface area contributed by atoms with Crippen molar-refractivity contribution in [2.75, 3.05) is 24.5 Å². The highest BCUT2D eigenvalue weighted by atomic mass is 32.1. The molecule has 0 amide bonds. The molecule has 1 N–H and O–H groups in total. The summed E-state index contributed by atoms with van der Waals surface area (Å²) in [5.41, 5.74) is 3.06. The quantitative estimate of drug-likeness (QED) is 0.870. The summed E-state index contributed by atoms with van der Waals surface area (Å²) in [6.45, 7) is 4.95. The maximum absolute atomic E-state index is 4.53. The van der Waals surface area contributed by atoms with Crippen molar-refractivity contribution >= 4 is 34.4 Å². The zero-order chi connectivity index (χ0) is 13.1. The first-order valence-electron chi connectivity index (χ1n) is 6.66. The summed E-state index contributed by atoms with van der Waals surface area (Å²) in [5, 5.41) is 3.42. The van der Waals surface area contributed by atoms with Crippen molar-refractivity contribution in [3.8, 4) is 0 Å². The van der Waals surface area contributed by atoms with Gasteiger partial charge in [0.2, 0.25) is 0 Å². The summed E-state index contributed by atoms with van der Waals surface area (Å²) in [6, 6.07) is 6.20. The van der Waals surface area contributed by atoms with Crippen molar-refractivity contribution in [2.24, 2.45) is 4.99 Å². The number of hydrogen-bond acceptors (Lipinski definition) is 6. The van der Waals surface area contributed by atoms with E-state index in [1.165, 1.54) is 24.6 Å². The Balaban J connectivity index is 1.78. The molecule has 0 aliphatic carbocycles. The molecule has 2 aromatic rings. The highest BCUT2D eigenvalue weighted by Gasteiger charge is 2.18. The fraction of sp³-hybridized carbons (Fsp3) is 0.462. The maximum atomic E-state index is 4.53. The number of aliphatic imine (C=N–C) groups is 1. The van der Waals surface area contributed by atoms with Gasteiger partial charge in [0.05, 0.1) is 18.3 Å². The molecule has 100 valence electrons. The van der Waals surface area contributed by atoms with E-state index in [0.717, 1.165) is 42.3 Å². The monoisotopic (exact) mass is 275 g/mol. The summed E-state index contributed by atoms with van der Waals surface area (Å²) in [6.07, 6.45) is 2.36. The lowest BCUT2D eigenvalue weighted by molar-refractivity contribution is 0.750. The third-order valence-corrected chi connectivity index (χ3v) is 3.76. The van der Waals surface area contributed by atoms with E-state index in [1.54, 1.807) is 0 Å². The molecule has 0 bridgehead atoms. The van der Waals surface area contributed by atoms with Crippen LogP contribution in [-0.2, 0) is 0 Å². The van der Waals surface area contributed by atoms with Crippen LogP contribution in [-0.4, -0.2) is 34.3 Å². The lowest BCUT2D eigenvalue weighted by atomic mass is 10.2. The lowest BCUT2D eigenvalue weighted by Gasteiger charge is -2.21. The second-order valence-electron chi connectivity index (χ2n) is 4.57. The first-order chi connectivity index (χ1) is 9.38. The van der Waals surface area contributed by atoms with Gasteiger partial charge in [-0.3, -0.25) is 4.99 Å². The molecule has 5 nitrogen and oxygen atoms in total. The van der Waals surface area contributed by atoms with E-state index < -0.39 is 0 Å². The van der Waals surface area contributed by atoms with E-state index in [4.69, 9.17) is 0 Å². The van der Waals surface area contributed by atoms with Crippen molar-refractivity contribution < 1.29 is 0 Å². The van der Waals surface area contributed by atoms with E-state index in [2.05, 4.69) is 43.0 Å². The Hall–Kier alpha value is -1.69. The Morgan fingerprint density at radius 3 is 3.11 bits per heavy atom. The van der Waals surface area contributed by atoms with Crippen LogP contribution in [0.1, 0.15) is 19.8 Å². The number of hydrogen-bond donors (Lipinski definition) is 1. The number of aromatic nitrogens is 2. The first-order valence-corrected chi connectivity index (χ1v) is 7.39. The minimum atomic E-state index is 0.849. The second-order valence-corrected chi connectivity index (χ2v) is 5.10. The van der Waals surface area contributed by atoms with Crippen LogP contribution in [0.15, 0.2) is 23.2 Å². The normalized spacial score (nSPS) is 15.0. The molecule has 1 aromatic heterocycles. The molecule has 0 atom stereocenters. The smallest absolute Gasteiger partial charge is 0.198 e.